The van der Waals surface area contributed by atoms with Gasteiger partial charge in [-0.05, 0) is 26.8 Å². The number of hydrogen-bond donors (Lipinski definition) is 1. The summed E-state index contributed by atoms with van der Waals surface area (Å²) in [7, 11) is 0. The molecule has 1 fully saturated rings. The van der Waals surface area contributed by atoms with Gasteiger partial charge in [-0.3, -0.25) is 0 Å². The lowest BCUT2D eigenvalue weighted by atomic mass is 10.1. The molecular weight excluding hydrogens is 145 g/mol. The van der Waals surface area contributed by atoms with E-state index in [1.165, 1.54) is 0 Å². The zero-order valence-corrected chi connectivity index (χ0v) is 7.14. The molecule has 2 nitrogen and oxygen atoms in total. The van der Waals surface area contributed by atoms with Crippen molar-refractivity contribution in [2.24, 2.45) is 0 Å². The van der Waals surface area contributed by atoms with Gasteiger partial charge < -0.3 is 10.1 Å². The number of halogens is 1. The second kappa shape index (κ2) is 4.02. The first kappa shape index (κ1) is 8.94. The first-order valence-electron chi connectivity index (χ1n) is 4.20. The van der Waals surface area contributed by atoms with E-state index in [9.17, 15) is 4.39 Å². The maximum Gasteiger partial charge on any atom is 0.129 e. The van der Waals surface area contributed by atoms with Gasteiger partial charge in [0, 0.05) is 6.54 Å². The van der Waals surface area contributed by atoms with Crippen LogP contribution < -0.4 is 5.32 Å². The minimum atomic E-state index is -0.779. The normalized spacial score (nSPS) is 32.7. The Morgan fingerprint density at radius 1 is 1.55 bits per heavy atom. The van der Waals surface area contributed by atoms with Crippen molar-refractivity contribution >= 4 is 0 Å². The van der Waals surface area contributed by atoms with Gasteiger partial charge in [-0.2, -0.15) is 0 Å². The molecule has 1 heterocycles. The van der Waals surface area contributed by atoms with Gasteiger partial charge >= 0.3 is 0 Å². The summed E-state index contributed by atoms with van der Waals surface area (Å²) in [6.45, 7) is 5.29. The summed E-state index contributed by atoms with van der Waals surface area (Å²) < 4.78 is 18.4. The number of nitrogens with one attached hydrogen (secondary N) is 1. The van der Waals surface area contributed by atoms with Crippen molar-refractivity contribution in [3.05, 3.63) is 0 Å². The highest BCUT2D eigenvalue weighted by molar-refractivity contribution is 4.78. The van der Waals surface area contributed by atoms with Gasteiger partial charge in [0.25, 0.3) is 0 Å². The first-order chi connectivity index (χ1) is 5.20. The molecule has 1 saturated heterocycles. The molecule has 0 aliphatic carbocycles. The fourth-order valence-electron chi connectivity index (χ4n) is 1.28. The van der Waals surface area contributed by atoms with Crippen molar-refractivity contribution in [1.29, 1.82) is 0 Å². The van der Waals surface area contributed by atoms with Crippen molar-refractivity contribution in [3.8, 4) is 0 Å². The van der Waals surface area contributed by atoms with E-state index in [1.807, 2.05) is 13.8 Å². The summed E-state index contributed by atoms with van der Waals surface area (Å²) in [6, 6.07) is 0. The van der Waals surface area contributed by atoms with Crippen LogP contribution in [0.5, 0.6) is 0 Å². The molecule has 1 N–H and O–H groups in total. The molecule has 2 unspecified atom stereocenters. The molecule has 0 radical (unpaired) electrons. The van der Waals surface area contributed by atoms with E-state index in [0.717, 1.165) is 6.54 Å². The van der Waals surface area contributed by atoms with Gasteiger partial charge in [-0.15, -0.1) is 0 Å². The third-order valence-electron chi connectivity index (χ3n) is 1.79. The maximum absolute atomic E-state index is 13.0. The molecule has 3 heteroatoms. The molecule has 0 spiro atoms. The van der Waals surface area contributed by atoms with E-state index in [1.54, 1.807) is 0 Å². The Morgan fingerprint density at radius 2 is 2.27 bits per heavy atom. The lowest BCUT2D eigenvalue weighted by molar-refractivity contribution is -0.0471. The Balaban J connectivity index is 2.29. The fourth-order valence-corrected chi connectivity index (χ4v) is 1.28. The Bertz CT molecular complexity index is 119. The van der Waals surface area contributed by atoms with Crippen LogP contribution in [0.3, 0.4) is 0 Å². The van der Waals surface area contributed by atoms with Crippen molar-refractivity contribution < 1.29 is 9.13 Å². The molecule has 1 aliphatic rings. The van der Waals surface area contributed by atoms with Crippen LogP contribution >= 0.6 is 0 Å². The van der Waals surface area contributed by atoms with Crippen LogP contribution in [0.25, 0.3) is 0 Å². The molecular formula is C8H16FNO. The van der Waals surface area contributed by atoms with Gasteiger partial charge in [0.15, 0.2) is 0 Å². The molecule has 0 amide bonds. The van der Waals surface area contributed by atoms with Crippen molar-refractivity contribution in [1.82, 2.24) is 5.32 Å². The highest BCUT2D eigenvalue weighted by atomic mass is 19.1. The summed E-state index contributed by atoms with van der Waals surface area (Å²) >= 11 is 0. The molecule has 2 atom stereocenters. The summed E-state index contributed by atoms with van der Waals surface area (Å²) in [5.41, 5.74) is 0. The summed E-state index contributed by atoms with van der Waals surface area (Å²) in [6.07, 6.45) is -0.308. The monoisotopic (exact) mass is 161 g/mol. The third kappa shape index (κ3) is 2.75. The molecule has 0 aromatic heterocycles. The van der Waals surface area contributed by atoms with Gasteiger partial charge in [0.1, 0.15) is 12.3 Å². The molecule has 0 bridgehead atoms. The molecule has 1 aliphatic heterocycles. The van der Waals surface area contributed by atoms with Crippen LogP contribution in [0, 0.1) is 0 Å². The standard InChI is InChI=1S/C8H16FNO/c1-6(2)11-8-5-10-4-3-7(8)9/h6-8,10H,3-5H2,1-2H3. The molecule has 11 heavy (non-hydrogen) atoms. The largest absolute Gasteiger partial charge is 0.371 e. The number of rotatable bonds is 2. The second-order valence-corrected chi connectivity index (χ2v) is 3.23. The van der Waals surface area contributed by atoms with E-state index in [4.69, 9.17) is 4.74 Å². The van der Waals surface area contributed by atoms with Crippen LogP contribution in [0.4, 0.5) is 4.39 Å². The molecule has 0 aromatic rings. The highest BCUT2D eigenvalue weighted by Crippen LogP contribution is 2.12. The highest BCUT2D eigenvalue weighted by Gasteiger charge is 2.25. The number of piperidine rings is 1. The lowest BCUT2D eigenvalue weighted by Gasteiger charge is -2.28. The fraction of sp³-hybridized carbons (Fsp3) is 1.00. The zero-order chi connectivity index (χ0) is 8.27. The Morgan fingerprint density at radius 3 is 2.82 bits per heavy atom. The van der Waals surface area contributed by atoms with E-state index in [-0.39, 0.29) is 12.2 Å². The summed E-state index contributed by atoms with van der Waals surface area (Å²) in [4.78, 5) is 0. The Kier molecular flexibility index (Phi) is 3.27. The van der Waals surface area contributed by atoms with Crippen molar-refractivity contribution in [2.45, 2.75) is 38.6 Å². The smallest absolute Gasteiger partial charge is 0.129 e. The van der Waals surface area contributed by atoms with Crippen molar-refractivity contribution in [3.63, 3.8) is 0 Å². The number of hydrogen-bond acceptors (Lipinski definition) is 2. The Hall–Kier alpha value is -0.150. The summed E-state index contributed by atoms with van der Waals surface area (Å²) in [5, 5.41) is 3.11. The first-order valence-corrected chi connectivity index (χ1v) is 4.20. The maximum atomic E-state index is 13.0. The SMILES string of the molecule is CC(C)OC1CNCCC1F. The van der Waals surface area contributed by atoms with Gasteiger partial charge in [-0.25, -0.2) is 4.39 Å². The molecule has 0 aromatic carbocycles. The van der Waals surface area contributed by atoms with Gasteiger partial charge in [-0.1, -0.05) is 0 Å². The average Bonchev–Trinajstić information content (AvgIpc) is 1.93. The minimum Gasteiger partial charge on any atom is -0.371 e. The quantitative estimate of drug-likeness (QED) is 0.655. The third-order valence-corrected chi connectivity index (χ3v) is 1.79. The van der Waals surface area contributed by atoms with E-state index < -0.39 is 6.17 Å². The number of alkyl halides is 1. The second-order valence-electron chi connectivity index (χ2n) is 3.23. The predicted molar refractivity (Wildman–Crippen MR) is 42.4 cm³/mol. The van der Waals surface area contributed by atoms with Gasteiger partial charge in [0.05, 0.1) is 6.10 Å². The van der Waals surface area contributed by atoms with E-state index >= 15 is 0 Å². The molecule has 66 valence electrons. The summed E-state index contributed by atoms with van der Waals surface area (Å²) in [5.74, 6) is 0. The Labute approximate surface area is 67.1 Å². The average molecular weight is 161 g/mol. The number of ether oxygens (including phenoxy) is 1. The molecule has 1 rings (SSSR count). The van der Waals surface area contributed by atoms with E-state index in [2.05, 4.69) is 5.32 Å². The zero-order valence-electron chi connectivity index (χ0n) is 7.14. The van der Waals surface area contributed by atoms with Crippen LogP contribution in [-0.2, 0) is 4.74 Å². The van der Waals surface area contributed by atoms with E-state index in [0.29, 0.717) is 13.0 Å². The minimum absolute atomic E-state index is 0.123. The van der Waals surface area contributed by atoms with Crippen molar-refractivity contribution in [2.75, 3.05) is 13.1 Å². The predicted octanol–water partition coefficient (Wildman–Crippen LogP) is 1.11. The van der Waals surface area contributed by atoms with Crippen LogP contribution in [0.2, 0.25) is 0 Å². The lowest BCUT2D eigenvalue weighted by Crippen LogP contribution is -2.44. The van der Waals surface area contributed by atoms with Crippen LogP contribution in [0.15, 0.2) is 0 Å². The topological polar surface area (TPSA) is 21.3 Å². The van der Waals surface area contributed by atoms with Crippen LogP contribution in [0.1, 0.15) is 20.3 Å². The molecule has 0 saturated carbocycles. The van der Waals surface area contributed by atoms with Gasteiger partial charge in [0.2, 0.25) is 0 Å². The van der Waals surface area contributed by atoms with Crippen LogP contribution in [-0.4, -0.2) is 31.5 Å².